The van der Waals surface area contributed by atoms with E-state index in [4.69, 9.17) is 9.47 Å². The zero-order valence-electron chi connectivity index (χ0n) is 16.5. The van der Waals surface area contributed by atoms with Gasteiger partial charge in [-0.3, -0.25) is 14.4 Å². The quantitative estimate of drug-likeness (QED) is 0.651. The van der Waals surface area contributed by atoms with Gasteiger partial charge in [0.25, 0.3) is 0 Å². The van der Waals surface area contributed by atoms with Crippen LogP contribution in [0.2, 0.25) is 0 Å². The second kappa shape index (κ2) is 8.37. The Hall–Kier alpha value is -1.67. The van der Waals surface area contributed by atoms with Gasteiger partial charge in [0.1, 0.15) is 0 Å². The lowest BCUT2D eigenvalue weighted by Gasteiger charge is -2.40. The van der Waals surface area contributed by atoms with E-state index in [1.165, 1.54) is 0 Å². The highest BCUT2D eigenvalue weighted by Crippen LogP contribution is 2.35. The molecule has 4 rings (SSSR count). The van der Waals surface area contributed by atoms with E-state index in [1.807, 2.05) is 9.80 Å². The van der Waals surface area contributed by atoms with E-state index in [2.05, 4.69) is 0 Å². The van der Waals surface area contributed by atoms with Crippen molar-refractivity contribution < 1.29 is 23.9 Å². The summed E-state index contributed by atoms with van der Waals surface area (Å²) in [5.74, 6) is 0.0479. The first-order valence-corrected chi connectivity index (χ1v) is 10.6. The van der Waals surface area contributed by atoms with Crippen molar-refractivity contribution in [1.29, 1.82) is 0 Å². The van der Waals surface area contributed by atoms with E-state index in [0.717, 1.165) is 44.9 Å². The Morgan fingerprint density at radius 3 is 1.68 bits per heavy atom. The summed E-state index contributed by atoms with van der Waals surface area (Å²) in [4.78, 5) is 42.1. The van der Waals surface area contributed by atoms with Gasteiger partial charge in [0.2, 0.25) is 18.2 Å². The lowest BCUT2D eigenvalue weighted by molar-refractivity contribution is -0.188. The van der Waals surface area contributed by atoms with Crippen molar-refractivity contribution in [2.45, 2.75) is 44.3 Å². The number of amides is 3. The summed E-state index contributed by atoms with van der Waals surface area (Å²) in [6, 6.07) is 0. The molecule has 3 heterocycles. The molecule has 0 unspecified atom stereocenters. The molecular formula is C20H31N3O5. The summed E-state index contributed by atoms with van der Waals surface area (Å²) in [7, 11) is 0. The van der Waals surface area contributed by atoms with Crippen LogP contribution in [0.4, 0.5) is 0 Å². The Kier molecular flexibility index (Phi) is 5.87. The van der Waals surface area contributed by atoms with Crippen LogP contribution in [0.3, 0.4) is 0 Å². The molecule has 0 aromatic rings. The number of piperazine rings is 1. The minimum absolute atomic E-state index is 0.0248. The summed E-state index contributed by atoms with van der Waals surface area (Å²) in [6.45, 7) is 5.16. The zero-order chi connectivity index (χ0) is 19.6. The molecule has 1 spiro atoms. The van der Waals surface area contributed by atoms with Crippen LogP contribution >= 0.6 is 0 Å². The minimum atomic E-state index is -0.450. The summed E-state index contributed by atoms with van der Waals surface area (Å²) >= 11 is 0. The fraction of sp³-hybridized carbons (Fsp3) is 0.850. The first-order chi connectivity index (χ1) is 13.6. The summed E-state index contributed by atoms with van der Waals surface area (Å²) in [5.41, 5.74) is 0. The first kappa shape index (κ1) is 19.6. The van der Waals surface area contributed by atoms with Crippen molar-refractivity contribution in [3.05, 3.63) is 0 Å². The molecule has 0 aromatic carbocycles. The molecule has 1 aliphatic carbocycles. The maximum absolute atomic E-state index is 12.9. The molecule has 3 aliphatic heterocycles. The molecule has 0 radical (unpaired) electrons. The van der Waals surface area contributed by atoms with Crippen molar-refractivity contribution in [1.82, 2.24) is 14.7 Å². The van der Waals surface area contributed by atoms with Gasteiger partial charge >= 0.3 is 0 Å². The van der Waals surface area contributed by atoms with Crippen molar-refractivity contribution in [2.24, 2.45) is 11.8 Å². The number of carbonyl (C=O) groups is 3. The van der Waals surface area contributed by atoms with Gasteiger partial charge in [-0.2, -0.15) is 0 Å². The van der Waals surface area contributed by atoms with Crippen LogP contribution in [0.25, 0.3) is 0 Å². The first-order valence-electron chi connectivity index (χ1n) is 10.6. The van der Waals surface area contributed by atoms with Gasteiger partial charge in [-0.05, 0) is 25.7 Å². The topological polar surface area (TPSA) is 79.4 Å². The van der Waals surface area contributed by atoms with Gasteiger partial charge < -0.3 is 24.2 Å². The van der Waals surface area contributed by atoms with Gasteiger partial charge in [0.05, 0.1) is 13.2 Å². The molecule has 8 nitrogen and oxygen atoms in total. The zero-order valence-corrected chi connectivity index (χ0v) is 16.5. The molecular weight excluding hydrogens is 362 g/mol. The van der Waals surface area contributed by atoms with Crippen LogP contribution in [0.5, 0.6) is 0 Å². The number of carbonyl (C=O) groups excluding carboxylic acids is 3. The largest absolute Gasteiger partial charge is 0.347 e. The minimum Gasteiger partial charge on any atom is -0.347 e. The highest BCUT2D eigenvalue weighted by atomic mass is 16.7. The summed E-state index contributed by atoms with van der Waals surface area (Å²) in [6.07, 6.45) is 5.50. The molecule has 156 valence electrons. The molecule has 3 saturated heterocycles. The number of likely N-dealkylation sites (tertiary alicyclic amines) is 1. The van der Waals surface area contributed by atoms with Gasteiger partial charge in [0, 0.05) is 63.9 Å². The van der Waals surface area contributed by atoms with Crippen LogP contribution < -0.4 is 0 Å². The predicted octanol–water partition coefficient (Wildman–Crippen LogP) is 0.459. The standard InChI is InChI=1S/C20H31N3O5/c24-15-21-9-11-23(12-10-21)19(26)17-3-1-16(2-4-17)18(25)22-7-5-20(6-8-22)27-13-14-28-20/h15-17H,1-14H2. The van der Waals surface area contributed by atoms with Crippen molar-refractivity contribution in [3.63, 3.8) is 0 Å². The van der Waals surface area contributed by atoms with E-state index in [1.54, 1.807) is 4.90 Å². The molecule has 0 atom stereocenters. The van der Waals surface area contributed by atoms with Crippen LogP contribution in [0, 0.1) is 11.8 Å². The number of ether oxygens (including phenoxy) is 2. The molecule has 3 amide bonds. The van der Waals surface area contributed by atoms with Crippen molar-refractivity contribution in [2.75, 3.05) is 52.5 Å². The van der Waals surface area contributed by atoms with Crippen LogP contribution in [0.15, 0.2) is 0 Å². The fourth-order valence-electron chi connectivity index (χ4n) is 5.00. The van der Waals surface area contributed by atoms with Crippen LogP contribution in [-0.4, -0.2) is 91.2 Å². The predicted molar refractivity (Wildman–Crippen MR) is 100 cm³/mol. The molecule has 0 bridgehead atoms. The number of hydrogen-bond acceptors (Lipinski definition) is 5. The second-order valence-corrected chi connectivity index (χ2v) is 8.45. The number of rotatable bonds is 3. The molecule has 28 heavy (non-hydrogen) atoms. The molecule has 0 aromatic heterocycles. The van der Waals surface area contributed by atoms with Gasteiger partial charge in [-0.15, -0.1) is 0 Å². The van der Waals surface area contributed by atoms with E-state index < -0.39 is 5.79 Å². The monoisotopic (exact) mass is 393 g/mol. The van der Waals surface area contributed by atoms with Gasteiger partial charge in [-0.25, -0.2) is 0 Å². The third-order valence-electron chi connectivity index (χ3n) is 6.85. The van der Waals surface area contributed by atoms with Gasteiger partial charge in [0.15, 0.2) is 5.79 Å². The lowest BCUT2D eigenvalue weighted by atomic mass is 9.80. The number of piperidine rings is 1. The van der Waals surface area contributed by atoms with E-state index >= 15 is 0 Å². The molecule has 4 fully saturated rings. The van der Waals surface area contributed by atoms with Crippen LogP contribution in [0.1, 0.15) is 38.5 Å². The highest BCUT2D eigenvalue weighted by Gasteiger charge is 2.42. The maximum atomic E-state index is 12.9. The third kappa shape index (κ3) is 4.03. The SMILES string of the molecule is O=CN1CCN(C(=O)C2CCC(C(=O)N3CCC4(CC3)OCCO4)CC2)CC1. The normalized spacial score (nSPS) is 30.5. The Labute approximate surface area is 166 Å². The van der Waals surface area contributed by atoms with E-state index in [0.29, 0.717) is 52.5 Å². The lowest BCUT2D eigenvalue weighted by Crippen LogP contribution is -2.51. The fourth-order valence-corrected chi connectivity index (χ4v) is 5.00. The van der Waals surface area contributed by atoms with Crippen LogP contribution in [-0.2, 0) is 23.9 Å². The Morgan fingerprint density at radius 1 is 0.750 bits per heavy atom. The number of nitrogens with zero attached hydrogens (tertiary/aromatic N) is 3. The Bertz CT molecular complexity index is 581. The Morgan fingerprint density at radius 2 is 1.21 bits per heavy atom. The van der Waals surface area contributed by atoms with E-state index in [-0.39, 0.29) is 23.7 Å². The smallest absolute Gasteiger partial charge is 0.225 e. The van der Waals surface area contributed by atoms with Gasteiger partial charge in [-0.1, -0.05) is 0 Å². The highest BCUT2D eigenvalue weighted by molar-refractivity contribution is 5.81. The molecule has 0 N–H and O–H groups in total. The molecule has 1 saturated carbocycles. The van der Waals surface area contributed by atoms with E-state index in [9.17, 15) is 14.4 Å². The Balaban J connectivity index is 1.22. The van der Waals surface area contributed by atoms with Crippen molar-refractivity contribution in [3.8, 4) is 0 Å². The summed E-state index contributed by atoms with van der Waals surface area (Å²) in [5, 5.41) is 0. The summed E-state index contributed by atoms with van der Waals surface area (Å²) < 4.78 is 11.5. The number of hydrogen-bond donors (Lipinski definition) is 0. The third-order valence-corrected chi connectivity index (χ3v) is 6.85. The molecule has 4 aliphatic rings. The maximum Gasteiger partial charge on any atom is 0.225 e. The second-order valence-electron chi connectivity index (χ2n) is 8.45. The average molecular weight is 393 g/mol. The molecule has 8 heteroatoms. The average Bonchev–Trinajstić information content (AvgIpc) is 3.21. The van der Waals surface area contributed by atoms with Crippen molar-refractivity contribution >= 4 is 18.2 Å².